The van der Waals surface area contributed by atoms with Crippen LogP contribution < -0.4 is 10.1 Å². The largest absolute Gasteiger partial charge is 0.493 e. The van der Waals surface area contributed by atoms with Gasteiger partial charge in [-0.3, -0.25) is 4.79 Å². The van der Waals surface area contributed by atoms with E-state index in [0.29, 0.717) is 12.3 Å². The molecule has 0 radical (unpaired) electrons. The minimum atomic E-state index is -1.23. The van der Waals surface area contributed by atoms with Gasteiger partial charge in [0.2, 0.25) is 0 Å². The molecule has 1 aromatic heterocycles. The predicted octanol–water partition coefficient (Wildman–Crippen LogP) is 1.30. The van der Waals surface area contributed by atoms with E-state index in [1.807, 2.05) is 6.07 Å². The molecule has 7 heteroatoms. The second-order valence-corrected chi connectivity index (χ2v) is 4.31. The molecule has 3 rings (SSSR count). The predicted molar refractivity (Wildman–Crippen MR) is 69.1 cm³/mol. The Labute approximate surface area is 113 Å². The summed E-state index contributed by atoms with van der Waals surface area (Å²) in [6.45, 7) is 0.634. The van der Waals surface area contributed by atoms with Crippen molar-refractivity contribution in [1.29, 1.82) is 0 Å². The molecule has 20 heavy (non-hydrogen) atoms. The zero-order valence-corrected chi connectivity index (χ0v) is 10.3. The summed E-state index contributed by atoms with van der Waals surface area (Å²) in [7, 11) is 0. The fourth-order valence-electron chi connectivity index (χ4n) is 2.08. The number of carboxylic acid groups (broad SMARTS) is 1. The molecule has 1 aromatic carbocycles. The number of ether oxygens (including phenoxy) is 1. The molecule has 0 fully saturated rings. The second kappa shape index (κ2) is 4.69. The van der Waals surface area contributed by atoms with Gasteiger partial charge in [-0.1, -0.05) is 0 Å². The van der Waals surface area contributed by atoms with Gasteiger partial charge in [-0.2, -0.15) is 0 Å². The Morgan fingerprint density at radius 3 is 3.05 bits per heavy atom. The monoisotopic (exact) mass is 273 g/mol. The number of carbonyl (C=O) groups excluding carboxylic acids is 1. The lowest BCUT2D eigenvalue weighted by atomic mass is 10.1. The number of nitrogens with zero attached hydrogens (tertiary/aromatic N) is 1. The van der Waals surface area contributed by atoms with Crippen molar-refractivity contribution in [3.05, 3.63) is 41.5 Å². The summed E-state index contributed by atoms with van der Waals surface area (Å²) in [5.41, 5.74) is 1.23. The molecule has 0 aliphatic carbocycles. The number of imidazole rings is 1. The number of fused-ring (bicyclic) bond motifs is 1. The van der Waals surface area contributed by atoms with Crippen LogP contribution in [0.4, 0.5) is 5.69 Å². The van der Waals surface area contributed by atoms with Crippen molar-refractivity contribution in [1.82, 2.24) is 9.97 Å². The average molecular weight is 273 g/mol. The van der Waals surface area contributed by atoms with E-state index in [9.17, 15) is 9.59 Å². The van der Waals surface area contributed by atoms with Gasteiger partial charge in [-0.05, 0) is 23.8 Å². The van der Waals surface area contributed by atoms with Gasteiger partial charge in [0.05, 0.1) is 12.9 Å². The minimum Gasteiger partial charge on any atom is -0.493 e. The third-order valence-corrected chi connectivity index (χ3v) is 3.02. The van der Waals surface area contributed by atoms with Crippen molar-refractivity contribution in [2.45, 2.75) is 6.42 Å². The lowest BCUT2D eigenvalue weighted by Gasteiger charge is -2.06. The number of aromatic nitrogens is 2. The maximum atomic E-state index is 12.0. The molecule has 0 spiro atoms. The Balaban J connectivity index is 1.82. The summed E-state index contributed by atoms with van der Waals surface area (Å²) in [4.78, 5) is 29.1. The summed E-state index contributed by atoms with van der Waals surface area (Å²) in [6.07, 6.45) is 1.97. The Kier molecular flexibility index (Phi) is 2.86. The first-order valence-corrected chi connectivity index (χ1v) is 5.99. The molecule has 0 bridgehead atoms. The highest BCUT2D eigenvalue weighted by atomic mass is 16.5. The number of aromatic carboxylic acids is 1. The summed E-state index contributed by atoms with van der Waals surface area (Å²) in [6, 6.07) is 5.29. The van der Waals surface area contributed by atoms with Crippen LogP contribution in [0.25, 0.3) is 0 Å². The molecule has 2 heterocycles. The van der Waals surface area contributed by atoms with E-state index in [4.69, 9.17) is 9.84 Å². The van der Waals surface area contributed by atoms with Crippen molar-refractivity contribution in [2.24, 2.45) is 0 Å². The van der Waals surface area contributed by atoms with E-state index in [0.717, 1.165) is 17.7 Å². The smallest absolute Gasteiger partial charge is 0.354 e. The molecule has 102 valence electrons. The Hall–Kier alpha value is -2.83. The third kappa shape index (κ3) is 2.09. The quantitative estimate of drug-likeness (QED) is 0.781. The van der Waals surface area contributed by atoms with Crippen LogP contribution in [-0.2, 0) is 6.42 Å². The minimum absolute atomic E-state index is 0.144. The van der Waals surface area contributed by atoms with Gasteiger partial charge < -0.3 is 20.1 Å². The molecule has 1 aliphatic rings. The molecule has 7 nitrogen and oxygen atoms in total. The number of aromatic amines is 1. The number of amides is 1. The standard InChI is InChI=1S/C13H11N3O4/c17-12(10-11(13(18)19)15-6-14-10)16-8-1-2-9-7(5-8)3-4-20-9/h1-2,5-6H,3-4H2,(H,14,15)(H,16,17)(H,18,19). The van der Waals surface area contributed by atoms with Crippen molar-refractivity contribution in [3.8, 4) is 5.75 Å². The number of carboxylic acids is 1. The fraction of sp³-hybridized carbons (Fsp3) is 0.154. The van der Waals surface area contributed by atoms with Gasteiger partial charge in [0, 0.05) is 12.1 Å². The number of H-pyrrole nitrogens is 1. The molecular formula is C13H11N3O4. The third-order valence-electron chi connectivity index (χ3n) is 3.02. The average Bonchev–Trinajstić information content (AvgIpc) is 3.06. The number of anilines is 1. The highest BCUT2D eigenvalue weighted by Crippen LogP contribution is 2.28. The fourth-order valence-corrected chi connectivity index (χ4v) is 2.08. The highest BCUT2D eigenvalue weighted by molar-refractivity contribution is 6.08. The van der Waals surface area contributed by atoms with E-state index in [1.165, 1.54) is 6.33 Å². The second-order valence-electron chi connectivity index (χ2n) is 4.31. The number of hydrogen-bond donors (Lipinski definition) is 3. The van der Waals surface area contributed by atoms with Gasteiger partial charge >= 0.3 is 5.97 Å². The Morgan fingerprint density at radius 2 is 2.25 bits per heavy atom. The SMILES string of the molecule is O=C(Nc1ccc2c(c1)CCO2)c1nc[nH]c1C(=O)O. The summed E-state index contributed by atoms with van der Waals surface area (Å²) >= 11 is 0. The summed E-state index contributed by atoms with van der Waals surface area (Å²) < 4.78 is 5.37. The molecule has 1 aliphatic heterocycles. The van der Waals surface area contributed by atoms with Crippen LogP contribution in [0.1, 0.15) is 26.5 Å². The van der Waals surface area contributed by atoms with E-state index >= 15 is 0 Å². The van der Waals surface area contributed by atoms with E-state index < -0.39 is 11.9 Å². The molecule has 0 saturated carbocycles. The molecule has 0 unspecified atom stereocenters. The maximum absolute atomic E-state index is 12.0. The first-order chi connectivity index (χ1) is 9.65. The van der Waals surface area contributed by atoms with E-state index in [2.05, 4.69) is 15.3 Å². The van der Waals surface area contributed by atoms with Crippen molar-refractivity contribution < 1.29 is 19.4 Å². The van der Waals surface area contributed by atoms with E-state index in [-0.39, 0.29) is 11.4 Å². The van der Waals surface area contributed by atoms with Crippen LogP contribution in [0.2, 0.25) is 0 Å². The van der Waals surface area contributed by atoms with Gasteiger partial charge in [-0.15, -0.1) is 0 Å². The molecule has 0 atom stereocenters. The molecule has 3 N–H and O–H groups in total. The van der Waals surface area contributed by atoms with Gasteiger partial charge in [0.25, 0.3) is 5.91 Å². The molecule has 0 saturated heterocycles. The molecular weight excluding hydrogens is 262 g/mol. The maximum Gasteiger partial charge on any atom is 0.354 e. The lowest BCUT2D eigenvalue weighted by molar-refractivity contribution is 0.0686. The zero-order valence-electron chi connectivity index (χ0n) is 10.3. The lowest BCUT2D eigenvalue weighted by Crippen LogP contribution is -2.16. The van der Waals surface area contributed by atoms with Gasteiger partial charge in [0.15, 0.2) is 11.4 Å². The van der Waals surface area contributed by atoms with Crippen LogP contribution in [0, 0.1) is 0 Å². The van der Waals surface area contributed by atoms with Crippen LogP contribution in [0.5, 0.6) is 5.75 Å². The van der Waals surface area contributed by atoms with Crippen molar-refractivity contribution >= 4 is 17.6 Å². The van der Waals surface area contributed by atoms with Crippen LogP contribution in [0.3, 0.4) is 0 Å². The normalized spacial score (nSPS) is 12.6. The highest BCUT2D eigenvalue weighted by Gasteiger charge is 2.20. The number of hydrogen-bond acceptors (Lipinski definition) is 4. The van der Waals surface area contributed by atoms with E-state index in [1.54, 1.807) is 12.1 Å². The summed E-state index contributed by atoms with van der Waals surface area (Å²) in [5, 5.41) is 11.6. The Morgan fingerprint density at radius 1 is 1.40 bits per heavy atom. The number of carbonyl (C=O) groups is 2. The first-order valence-electron chi connectivity index (χ1n) is 5.99. The van der Waals surface area contributed by atoms with Gasteiger partial charge in [-0.25, -0.2) is 9.78 Å². The van der Waals surface area contributed by atoms with Gasteiger partial charge in [0.1, 0.15) is 5.75 Å². The van der Waals surface area contributed by atoms with Crippen LogP contribution >= 0.6 is 0 Å². The number of benzene rings is 1. The number of nitrogens with one attached hydrogen (secondary N) is 2. The zero-order chi connectivity index (χ0) is 14.1. The summed E-state index contributed by atoms with van der Waals surface area (Å²) in [5.74, 6) is -0.980. The van der Waals surface area contributed by atoms with Crippen LogP contribution in [-0.4, -0.2) is 33.6 Å². The van der Waals surface area contributed by atoms with Crippen molar-refractivity contribution in [2.75, 3.05) is 11.9 Å². The topological polar surface area (TPSA) is 104 Å². The Bertz CT molecular complexity index is 693. The number of rotatable bonds is 3. The molecule has 1 amide bonds. The van der Waals surface area contributed by atoms with Crippen molar-refractivity contribution in [3.63, 3.8) is 0 Å². The molecule has 2 aromatic rings. The first kappa shape index (κ1) is 12.2. The van der Waals surface area contributed by atoms with Crippen LogP contribution in [0.15, 0.2) is 24.5 Å².